The molecular formula is C19H14F3N5O2S. The average Bonchev–Trinajstić information content (AvgIpc) is 3.16. The van der Waals surface area contributed by atoms with Crippen molar-refractivity contribution in [2.75, 3.05) is 5.75 Å². The summed E-state index contributed by atoms with van der Waals surface area (Å²) in [6.07, 6.45) is 0.977. The number of fused-ring (bicyclic) bond motifs is 1. The smallest absolute Gasteiger partial charge is 0.264 e. The molecule has 154 valence electrons. The van der Waals surface area contributed by atoms with Crippen LogP contribution in [-0.4, -0.2) is 38.9 Å². The number of halogens is 3. The lowest BCUT2D eigenvalue weighted by atomic mass is 10.2. The minimum Gasteiger partial charge on any atom is -0.264 e. The van der Waals surface area contributed by atoms with Gasteiger partial charge in [-0.05, 0) is 30.3 Å². The molecular weight excluding hydrogens is 419 g/mol. The van der Waals surface area contributed by atoms with Crippen molar-refractivity contribution in [3.8, 4) is 17.1 Å². The van der Waals surface area contributed by atoms with E-state index >= 15 is 0 Å². The Morgan fingerprint density at radius 2 is 1.93 bits per heavy atom. The van der Waals surface area contributed by atoms with Gasteiger partial charge in [-0.2, -0.15) is 18.3 Å². The molecule has 0 saturated carbocycles. The number of sulfone groups is 1. The zero-order valence-electron chi connectivity index (χ0n) is 15.5. The molecule has 0 amide bonds. The van der Waals surface area contributed by atoms with Gasteiger partial charge in [-0.15, -0.1) is 0 Å². The Hall–Kier alpha value is -3.34. The lowest BCUT2D eigenvalue weighted by molar-refractivity contribution is -0.141. The first-order valence-corrected chi connectivity index (χ1v) is 10.4. The van der Waals surface area contributed by atoms with Crippen LogP contribution in [0.2, 0.25) is 0 Å². The topological polar surface area (TPSA) is 90.6 Å². The first-order valence-electron chi connectivity index (χ1n) is 8.76. The molecule has 30 heavy (non-hydrogen) atoms. The van der Waals surface area contributed by atoms with Gasteiger partial charge in [0.05, 0.1) is 17.0 Å². The van der Waals surface area contributed by atoms with E-state index in [1.54, 1.807) is 30.6 Å². The van der Waals surface area contributed by atoms with E-state index in [1.807, 2.05) is 0 Å². The number of alkyl halides is 3. The molecule has 0 fully saturated rings. The predicted molar refractivity (Wildman–Crippen MR) is 103 cm³/mol. The van der Waals surface area contributed by atoms with Gasteiger partial charge in [0.1, 0.15) is 10.6 Å². The van der Waals surface area contributed by atoms with Crippen molar-refractivity contribution in [1.29, 1.82) is 0 Å². The van der Waals surface area contributed by atoms with Crippen LogP contribution in [0, 0.1) is 0 Å². The first-order chi connectivity index (χ1) is 14.2. The van der Waals surface area contributed by atoms with Crippen LogP contribution in [0.3, 0.4) is 0 Å². The predicted octanol–water partition coefficient (Wildman–Crippen LogP) is 3.69. The monoisotopic (exact) mass is 433 g/mol. The Morgan fingerprint density at radius 1 is 1.13 bits per heavy atom. The van der Waals surface area contributed by atoms with Gasteiger partial charge in [-0.1, -0.05) is 6.92 Å². The van der Waals surface area contributed by atoms with Crippen LogP contribution in [0.25, 0.3) is 28.0 Å². The third kappa shape index (κ3) is 3.63. The molecule has 4 aromatic heterocycles. The summed E-state index contributed by atoms with van der Waals surface area (Å²) in [6.45, 7) is 1.49. The van der Waals surface area contributed by atoms with Gasteiger partial charge in [0.25, 0.3) is 0 Å². The van der Waals surface area contributed by atoms with Crippen LogP contribution in [0.1, 0.15) is 12.6 Å². The van der Waals surface area contributed by atoms with E-state index in [2.05, 4.69) is 20.1 Å². The van der Waals surface area contributed by atoms with E-state index in [-0.39, 0.29) is 22.0 Å². The van der Waals surface area contributed by atoms with Gasteiger partial charge in [0.2, 0.25) is 0 Å². The molecule has 4 heterocycles. The van der Waals surface area contributed by atoms with Gasteiger partial charge in [0.15, 0.2) is 15.7 Å². The average molecular weight is 433 g/mol. The maximum Gasteiger partial charge on any atom is 0.433 e. The maximum atomic E-state index is 13.0. The lowest BCUT2D eigenvalue weighted by Gasteiger charge is -2.10. The summed E-state index contributed by atoms with van der Waals surface area (Å²) in [5.74, 6) is -0.183. The van der Waals surface area contributed by atoms with Crippen LogP contribution in [0.15, 0.2) is 60.0 Å². The molecule has 0 N–H and O–H groups in total. The highest BCUT2D eigenvalue weighted by Crippen LogP contribution is 2.30. The van der Waals surface area contributed by atoms with Gasteiger partial charge in [0, 0.05) is 35.7 Å². The number of rotatable bonds is 4. The second-order valence-corrected chi connectivity index (χ2v) is 8.61. The zero-order chi connectivity index (χ0) is 21.5. The summed E-state index contributed by atoms with van der Waals surface area (Å²) in [5.41, 5.74) is 0.0308. The maximum absolute atomic E-state index is 13.0. The van der Waals surface area contributed by atoms with Crippen LogP contribution in [0.4, 0.5) is 13.2 Å². The number of aromatic nitrogens is 5. The Balaban J connectivity index is 1.93. The van der Waals surface area contributed by atoms with Gasteiger partial charge in [-0.3, -0.25) is 9.97 Å². The van der Waals surface area contributed by atoms with Crippen molar-refractivity contribution < 1.29 is 21.6 Å². The third-order valence-corrected chi connectivity index (χ3v) is 6.16. The number of nitrogens with zero attached hydrogens (tertiary/aromatic N) is 5. The second kappa shape index (κ2) is 7.17. The number of hydrogen-bond acceptors (Lipinski definition) is 6. The molecule has 0 radical (unpaired) electrons. The fraction of sp³-hybridized carbons (Fsp3) is 0.158. The van der Waals surface area contributed by atoms with Crippen molar-refractivity contribution in [1.82, 2.24) is 24.7 Å². The minimum atomic E-state index is -4.62. The minimum absolute atomic E-state index is 0.0111. The Labute approximate surface area is 169 Å². The molecule has 0 unspecified atom stereocenters. The highest BCUT2D eigenvalue weighted by Gasteiger charge is 2.33. The molecule has 11 heteroatoms. The van der Waals surface area contributed by atoms with Crippen molar-refractivity contribution >= 4 is 20.7 Å². The summed E-state index contributed by atoms with van der Waals surface area (Å²) in [4.78, 5) is 11.8. The molecule has 4 aromatic rings. The van der Waals surface area contributed by atoms with E-state index in [4.69, 9.17) is 0 Å². The van der Waals surface area contributed by atoms with Crippen molar-refractivity contribution in [3.63, 3.8) is 0 Å². The molecule has 4 rings (SSSR count). The van der Waals surface area contributed by atoms with E-state index in [1.165, 1.54) is 19.2 Å². The summed E-state index contributed by atoms with van der Waals surface area (Å²) in [5, 5.41) is 4.45. The van der Waals surface area contributed by atoms with Crippen molar-refractivity contribution in [2.24, 2.45) is 0 Å². The Kier molecular flexibility index (Phi) is 4.77. The zero-order valence-corrected chi connectivity index (χ0v) is 16.3. The quantitative estimate of drug-likeness (QED) is 0.488. The van der Waals surface area contributed by atoms with E-state index in [0.29, 0.717) is 16.6 Å². The Morgan fingerprint density at radius 3 is 2.60 bits per heavy atom. The highest BCUT2D eigenvalue weighted by molar-refractivity contribution is 7.91. The van der Waals surface area contributed by atoms with Crippen LogP contribution in [-0.2, 0) is 16.0 Å². The second-order valence-electron chi connectivity index (χ2n) is 6.36. The van der Waals surface area contributed by atoms with Crippen LogP contribution in [0.5, 0.6) is 0 Å². The molecule has 0 saturated heterocycles. The Bertz CT molecular complexity index is 1340. The molecule has 0 aliphatic rings. The normalized spacial score (nSPS) is 12.4. The molecule has 0 bridgehead atoms. The molecule has 0 spiro atoms. The first kappa shape index (κ1) is 20.0. The highest BCUT2D eigenvalue weighted by atomic mass is 32.2. The van der Waals surface area contributed by atoms with Crippen LogP contribution >= 0.6 is 0 Å². The standard InChI is InChI=1S/C19H14F3N5O2S/c1-2-30(28,29)16-6-5-14(12-4-3-7-23-9-12)25-18(16)27-11-13-10-24-17(19(20,21)22)8-15(13)26-27/h3-11H,2H2,1H3. The van der Waals surface area contributed by atoms with Gasteiger partial charge >= 0.3 is 6.18 Å². The lowest BCUT2D eigenvalue weighted by Crippen LogP contribution is -2.11. The molecule has 0 aliphatic heterocycles. The summed E-state index contributed by atoms with van der Waals surface area (Å²) in [6, 6.07) is 7.24. The van der Waals surface area contributed by atoms with E-state index < -0.39 is 21.7 Å². The molecule has 0 aromatic carbocycles. The molecule has 7 nitrogen and oxygen atoms in total. The molecule has 0 aliphatic carbocycles. The van der Waals surface area contributed by atoms with Crippen molar-refractivity contribution in [2.45, 2.75) is 18.0 Å². The third-order valence-electron chi connectivity index (χ3n) is 4.41. The summed E-state index contributed by atoms with van der Waals surface area (Å²) in [7, 11) is -3.68. The van der Waals surface area contributed by atoms with Gasteiger partial charge < -0.3 is 0 Å². The summed E-state index contributed by atoms with van der Waals surface area (Å²) < 4.78 is 65.2. The fourth-order valence-corrected chi connectivity index (χ4v) is 3.86. The van der Waals surface area contributed by atoms with Gasteiger partial charge in [-0.25, -0.2) is 18.1 Å². The van der Waals surface area contributed by atoms with E-state index in [0.717, 1.165) is 16.9 Å². The van der Waals surface area contributed by atoms with Crippen LogP contribution < -0.4 is 0 Å². The largest absolute Gasteiger partial charge is 0.433 e. The molecule has 0 atom stereocenters. The fourth-order valence-electron chi connectivity index (χ4n) is 2.85. The summed E-state index contributed by atoms with van der Waals surface area (Å²) >= 11 is 0. The number of hydrogen-bond donors (Lipinski definition) is 0. The van der Waals surface area contributed by atoms with Crippen molar-refractivity contribution in [3.05, 3.63) is 60.8 Å². The van der Waals surface area contributed by atoms with E-state index in [9.17, 15) is 21.6 Å². The SMILES string of the molecule is CCS(=O)(=O)c1ccc(-c2cccnc2)nc1-n1cc2cnc(C(F)(F)F)cc2n1. The number of pyridine rings is 3.